The maximum Gasteiger partial charge on any atom is 0.264 e. The Morgan fingerprint density at radius 2 is 1.88 bits per heavy atom. The van der Waals surface area contributed by atoms with Crippen LogP contribution in [0.4, 0.5) is 11.4 Å². The number of anilines is 1. The highest BCUT2D eigenvalue weighted by molar-refractivity contribution is 8.18. The van der Waals surface area contributed by atoms with Crippen molar-refractivity contribution in [3.63, 3.8) is 0 Å². The lowest BCUT2D eigenvalue weighted by atomic mass is 9.87. The van der Waals surface area contributed by atoms with Gasteiger partial charge in [0.25, 0.3) is 5.91 Å². The predicted octanol–water partition coefficient (Wildman–Crippen LogP) is 6.31. The third kappa shape index (κ3) is 4.71. The SMILES string of the molecule is CCOc1ccc(N=C2NC(=O)/C(=C\c3cc4c(cc3C)N(CC)C(C)(C)C=C4C)S2)cc1. The van der Waals surface area contributed by atoms with E-state index < -0.39 is 0 Å². The maximum atomic E-state index is 12.6. The Kier molecular flexibility index (Phi) is 6.39. The number of hydrogen-bond acceptors (Lipinski definition) is 5. The van der Waals surface area contributed by atoms with Crippen molar-refractivity contribution in [2.24, 2.45) is 4.99 Å². The fourth-order valence-electron chi connectivity index (χ4n) is 4.50. The third-order valence-electron chi connectivity index (χ3n) is 6.00. The van der Waals surface area contributed by atoms with E-state index in [1.165, 1.54) is 28.6 Å². The summed E-state index contributed by atoms with van der Waals surface area (Å²) < 4.78 is 5.48. The average Bonchev–Trinajstić information content (AvgIpc) is 3.09. The van der Waals surface area contributed by atoms with Crippen molar-refractivity contribution in [3.05, 3.63) is 64.1 Å². The van der Waals surface area contributed by atoms with Crippen LogP contribution in [0.3, 0.4) is 0 Å². The number of thioether (sulfide) groups is 1. The number of amidine groups is 1. The van der Waals surface area contributed by atoms with Crippen LogP contribution in [0.25, 0.3) is 11.6 Å². The second kappa shape index (κ2) is 9.10. The number of benzene rings is 2. The molecule has 0 spiro atoms. The number of likely N-dealkylation sites (N-methyl/N-ethyl adjacent to an activating group) is 1. The summed E-state index contributed by atoms with van der Waals surface area (Å²) in [4.78, 5) is 20.3. The molecule has 0 saturated carbocycles. The molecule has 1 saturated heterocycles. The second-order valence-corrected chi connectivity index (χ2v) is 9.89. The Labute approximate surface area is 200 Å². The van der Waals surface area contributed by atoms with Crippen LogP contribution >= 0.6 is 11.8 Å². The van der Waals surface area contributed by atoms with Crippen molar-refractivity contribution in [3.8, 4) is 5.75 Å². The van der Waals surface area contributed by atoms with Gasteiger partial charge in [-0.25, -0.2) is 4.99 Å². The number of aryl methyl sites for hydroxylation is 1. The first-order valence-electron chi connectivity index (χ1n) is 11.4. The molecule has 2 aliphatic rings. The van der Waals surface area contributed by atoms with Crippen molar-refractivity contribution in [1.82, 2.24) is 5.32 Å². The molecule has 2 aromatic rings. The van der Waals surface area contributed by atoms with Crippen molar-refractivity contribution >= 4 is 45.9 Å². The molecule has 6 heteroatoms. The summed E-state index contributed by atoms with van der Waals surface area (Å²) >= 11 is 1.37. The van der Waals surface area contributed by atoms with Gasteiger partial charge in [-0.15, -0.1) is 0 Å². The molecule has 2 heterocycles. The number of allylic oxidation sites excluding steroid dienone is 1. The van der Waals surface area contributed by atoms with Crippen LogP contribution in [0, 0.1) is 6.92 Å². The van der Waals surface area contributed by atoms with Crippen LogP contribution in [0.2, 0.25) is 0 Å². The number of nitrogens with zero attached hydrogens (tertiary/aromatic N) is 2. The molecule has 0 atom stereocenters. The van der Waals surface area contributed by atoms with Crippen LogP contribution in [0.1, 0.15) is 51.3 Å². The van der Waals surface area contributed by atoms with E-state index >= 15 is 0 Å². The van der Waals surface area contributed by atoms with E-state index in [-0.39, 0.29) is 11.4 Å². The first-order chi connectivity index (χ1) is 15.7. The molecular formula is C27H31N3O2S. The average molecular weight is 462 g/mol. The van der Waals surface area contributed by atoms with E-state index in [1.807, 2.05) is 37.3 Å². The molecule has 2 aromatic carbocycles. The van der Waals surface area contributed by atoms with Gasteiger partial charge in [0.1, 0.15) is 5.75 Å². The Morgan fingerprint density at radius 3 is 2.55 bits per heavy atom. The Balaban J connectivity index is 1.62. The van der Waals surface area contributed by atoms with Crippen LogP contribution < -0.4 is 15.0 Å². The zero-order chi connectivity index (χ0) is 23.8. The van der Waals surface area contributed by atoms with E-state index in [9.17, 15) is 4.79 Å². The molecule has 0 aliphatic carbocycles. The minimum Gasteiger partial charge on any atom is -0.494 e. The minimum atomic E-state index is -0.120. The van der Waals surface area contributed by atoms with Crippen LogP contribution in [-0.4, -0.2) is 29.8 Å². The fourth-order valence-corrected chi connectivity index (χ4v) is 5.33. The number of ether oxygens (including phenoxy) is 1. The number of rotatable bonds is 5. The third-order valence-corrected chi connectivity index (χ3v) is 6.91. The summed E-state index contributed by atoms with van der Waals surface area (Å²) in [5.41, 5.74) is 6.69. The number of nitrogens with one attached hydrogen (secondary N) is 1. The molecule has 0 unspecified atom stereocenters. The fraction of sp³-hybridized carbons (Fsp3) is 0.333. The molecule has 4 rings (SSSR count). The Hall–Kier alpha value is -2.99. The van der Waals surface area contributed by atoms with Crippen molar-refractivity contribution in [2.75, 3.05) is 18.1 Å². The first-order valence-corrected chi connectivity index (χ1v) is 12.2. The Bertz CT molecular complexity index is 1180. The highest BCUT2D eigenvalue weighted by atomic mass is 32.2. The summed E-state index contributed by atoms with van der Waals surface area (Å²) in [5, 5.41) is 3.47. The predicted molar refractivity (Wildman–Crippen MR) is 140 cm³/mol. The van der Waals surface area contributed by atoms with Gasteiger partial charge >= 0.3 is 0 Å². The largest absolute Gasteiger partial charge is 0.494 e. The van der Waals surface area contributed by atoms with Gasteiger partial charge in [0.05, 0.1) is 22.7 Å². The van der Waals surface area contributed by atoms with Crippen molar-refractivity contribution in [1.29, 1.82) is 0 Å². The molecule has 2 aliphatic heterocycles. The van der Waals surface area contributed by atoms with Gasteiger partial charge in [-0.2, -0.15) is 0 Å². The van der Waals surface area contributed by atoms with Crippen LogP contribution in [0.15, 0.2) is 52.4 Å². The van der Waals surface area contributed by atoms with E-state index in [1.54, 1.807) is 0 Å². The number of carbonyl (C=O) groups excluding carboxylic acids is 1. The van der Waals surface area contributed by atoms with Crippen LogP contribution in [0.5, 0.6) is 5.75 Å². The lowest BCUT2D eigenvalue weighted by Gasteiger charge is -2.43. The molecule has 0 bridgehead atoms. The van der Waals surface area contributed by atoms with Gasteiger partial charge in [0.2, 0.25) is 0 Å². The summed E-state index contributed by atoms with van der Waals surface area (Å²) in [7, 11) is 0. The number of aliphatic imine (C=N–C) groups is 1. The molecule has 0 aromatic heterocycles. The highest BCUT2D eigenvalue weighted by Crippen LogP contribution is 2.41. The Morgan fingerprint density at radius 1 is 1.15 bits per heavy atom. The quantitative estimate of drug-likeness (QED) is 0.530. The molecule has 1 fully saturated rings. The lowest BCUT2D eigenvalue weighted by Crippen LogP contribution is -2.44. The van der Waals surface area contributed by atoms with Gasteiger partial charge < -0.3 is 15.0 Å². The zero-order valence-electron chi connectivity index (χ0n) is 20.2. The van der Waals surface area contributed by atoms with E-state index in [0.29, 0.717) is 16.7 Å². The van der Waals surface area contributed by atoms with E-state index in [2.05, 4.69) is 68.0 Å². The topological polar surface area (TPSA) is 53.9 Å². The molecule has 5 nitrogen and oxygen atoms in total. The molecule has 33 heavy (non-hydrogen) atoms. The monoisotopic (exact) mass is 461 g/mol. The molecule has 1 amide bonds. The van der Waals surface area contributed by atoms with Gasteiger partial charge in [0, 0.05) is 17.8 Å². The van der Waals surface area contributed by atoms with E-state index in [4.69, 9.17) is 4.74 Å². The number of carbonyl (C=O) groups is 1. The number of amides is 1. The van der Waals surface area contributed by atoms with Crippen molar-refractivity contribution in [2.45, 2.75) is 47.1 Å². The maximum absolute atomic E-state index is 12.6. The smallest absolute Gasteiger partial charge is 0.264 e. The second-order valence-electron chi connectivity index (χ2n) is 8.86. The minimum absolute atomic E-state index is 0.0221. The molecular weight excluding hydrogens is 430 g/mol. The lowest BCUT2D eigenvalue weighted by molar-refractivity contribution is -0.115. The standard InChI is InChI=1S/C27H31N3O2S/c1-7-30-23-13-17(3)19(14-22(23)18(4)16-27(30,5)6)15-24-25(31)29-26(33-24)28-20-9-11-21(12-10-20)32-8-2/h9-16H,7-8H2,1-6H3,(H,28,29,31)/b24-15+. The molecule has 172 valence electrons. The summed E-state index contributed by atoms with van der Waals surface area (Å²) in [5.74, 6) is 0.688. The van der Waals surface area contributed by atoms with Gasteiger partial charge in [-0.05, 0) is 112 Å². The summed E-state index contributed by atoms with van der Waals surface area (Å²) in [6.07, 6.45) is 4.29. The summed E-state index contributed by atoms with van der Waals surface area (Å²) in [6, 6.07) is 12.0. The normalized spacial score (nSPS) is 19.5. The van der Waals surface area contributed by atoms with Crippen LogP contribution in [-0.2, 0) is 4.79 Å². The number of hydrogen-bond donors (Lipinski definition) is 1. The van der Waals surface area contributed by atoms with Gasteiger partial charge in [-0.3, -0.25) is 4.79 Å². The zero-order valence-corrected chi connectivity index (χ0v) is 21.0. The molecule has 0 radical (unpaired) electrons. The highest BCUT2D eigenvalue weighted by Gasteiger charge is 2.31. The van der Waals surface area contributed by atoms with Gasteiger partial charge in [-0.1, -0.05) is 6.08 Å². The van der Waals surface area contributed by atoms with Crippen molar-refractivity contribution < 1.29 is 9.53 Å². The van der Waals surface area contributed by atoms with Gasteiger partial charge in [0.15, 0.2) is 5.17 Å². The molecule has 1 N–H and O–H groups in total. The number of fused-ring (bicyclic) bond motifs is 1. The first kappa shape index (κ1) is 23.2. The van der Waals surface area contributed by atoms with E-state index in [0.717, 1.165) is 29.1 Å². The summed E-state index contributed by atoms with van der Waals surface area (Å²) in [6.45, 7) is 14.5.